The fourth-order valence-electron chi connectivity index (χ4n) is 3.85. The number of nitrogens with one attached hydrogen (secondary N) is 2. The number of carbonyl (C=O) groups is 2. The highest BCUT2D eigenvalue weighted by molar-refractivity contribution is 8.01. The van der Waals surface area contributed by atoms with Crippen LogP contribution in [-0.4, -0.2) is 49.5 Å². The summed E-state index contributed by atoms with van der Waals surface area (Å²) in [5.74, 6) is -0.553. The molecule has 1 saturated carbocycles. The second-order valence-corrected chi connectivity index (χ2v) is 10.1. The van der Waals surface area contributed by atoms with Crippen LogP contribution in [0.5, 0.6) is 0 Å². The molecule has 0 bridgehead atoms. The Morgan fingerprint density at radius 2 is 1.85 bits per heavy atom. The summed E-state index contributed by atoms with van der Waals surface area (Å²) >= 11 is 1.19. The standard InChI is InChI=1S/C18H23N3O4S2/c22-17-16(18(23)21-9-3-4-10-21)26-15-8-7-13(11-14(15)19-17)27(24,25)20-12-5-1-2-6-12/h7-8,11-12,16,20H,1-6,9-10H2,(H,19,22). The summed E-state index contributed by atoms with van der Waals surface area (Å²) in [4.78, 5) is 27.6. The van der Waals surface area contributed by atoms with Gasteiger partial charge in [-0.25, -0.2) is 13.1 Å². The number of likely N-dealkylation sites (tertiary alicyclic amines) is 1. The maximum Gasteiger partial charge on any atom is 0.247 e. The molecule has 2 amide bonds. The van der Waals surface area contributed by atoms with E-state index in [0.717, 1.165) is 38.5 Å². The summed E-state index contributed by atoms with van der Waals surface area (Å²) in [6.07, 6.45) is 5.73. The molecule has 1 atom stereocenters. The highest BCUT2D eigenvalue weighted by Gasteiger charge is 2.37. The Balaban J connectivity index is 1.52. The number of anilines is 1. The Morgan fingerprint density at radius 1 is 1.15 bits per heavy atom. The van der Waals surface area contributed by atoms with E-state index in [0.29, 0.717) is 23.7 Å². The molecule has 1 aromatic carbocycles. The van der Waals surface area contributed by atoms with Crippen LogP contribution in [0, 0.1) is 0 Å². The topological polar surface area (TPSA) is 95.6 Å². The molecule has 1 aliphatic carbocycles. The van der Waals surface area contributed by atoms with Crippen molar-refractivity contribution in [3.63, 3.8) is 0 Å². The predicted molar refractivity (Wildman–Crippen MR) is 103 cm³/mol. The van der Waals surface area contributed by atoms with Crippen molar-refractivity contribution in [1.82, 2.24) is 9.62 Å². The lowest BCUT2D eigenvalue weighted by atomic mass is 10.2. The van der Waals surface area contributed by atoms with Gasteiger partial charge in [0, 0.05) is 24.0 Å². The Kier molecular flexibility index (Phi) is 5.17. The van der Waals surface area contributed by atoms with E-state index in [4.69, 9.17) is 0 Å². The van der Waals surface area contributed by atoms with Gasteiger partial charge in [-0.1, -0.05) is 12.8 Å². The molecule has 2 fully saturated rings. The summed E-state index contributed by atoms with van der Waals surface area (Å²) in [6, 6.07) is 4.68. The normalized spacial score (nSPS) is 23.3. The van der Waals surface area contributed by atoms with E-state index in [1.807, 2.05) is 0 Å². The summed E-state index contributed by atoms with van der Waals surface area (Å²) in [5.41, 5.74) is 0.449. The number of rotatable bonds is 4. The van der Waals surface area contributed by atoms with Crippen molar-refractivity contribution in [3.8, 4) is 0 Å². The number of fused-ring (bicyclic) bond motifs is 1. The Hall–Kier alpha value is -1.58. The Morgan fingerprint density at radius 3 is 2.56 bits per heavy atom. The van der Waals surface area contributed by atoms with Crippen molar-refractivity contribution < 1.29 is 18.0 Å². The van der Waals surface area contributed by atoms with E-state index >= 15 is 0 Å². The number of thioether (sulfide) groups is 1. The maximum atomic E-state index is 12.6. The summed E-state index contributed by atoms with van der Waals surface area (Å²) in [7, 11) is -3.62. The second kappa shape index (κ2) is 7.44. The van der Waals surface area contributed by atoms with Crippen molar-refractivity contribution >= 4 is 39.3 Å². The number of benzene rings is 1. The van der Waals surface area contributed by atoms with Gasteiger partial charge >= 0.3 is 0 Å². The van der Waals surface area contributed by atoms with Gasteiger partial charge < -0.3 is 10.2 Å². The van der Waals surface area contributed by atoms with E-state index in [9.17, 15) is 18.0 Å². The van der Waals surface area contributed by atoms with Gasteiger partial charge in [-0.05, 0) is 43.9 Å². The number of hydrogen-bond donors (Lipinski definition) is 2. The van der Waals surface area contributed by atoms with Crippen molar-refractivity contribution in [1.29, 1.82) is 0 Å². The van der Waals surface area contributed by atoms with Crippen LogP contribution >= 0.6 is 11.8 Å². The van der Waals surface area contributed by atoms with Crippen LogP contribution in [0.4, 0.5) is 5.69 Å². The van der Waals surface area contributed by atoms with Gasteiger partial charge in [0.15, 0.2) is 5.25 Å². The molecule has 1 aromatic rings. The average molecular weight is 410 g/mol. The number of carbonyl (C=O) groups excluding carboxylic acids is 2. The number of hydrogen-bond acceptors (Lipinski definition) is 5. The summed E-state index contributed by atoms with van der Waals surface area (Å²) < 4.78 is 28.0. The van der Waals surface area contributed by atoms with Crippen LogP contribution in [0.15, 0.2) is 28.0 Å². The minimum atomic E-state index is -3.62. The molecule has 2 N–H and O–H groups in total. The van der Waals surface area contributed by atoms with Gasteiger partial charge in [-0.15, -0.1) is 11.8 Å². The maximum absolute atomic E-state index is 12.6. The average Bonchev–Trinajstić information content (AvgIpc) is 3.33. The van der Waals surface area contributed by atoms with E-state index in [1.54, 1.807) is 11.0 Å². The zero-order valence-corrected chi connectivity index (χ0v) is 16.6. The van der Waals surface area contributed by atoms with Crippen LogP contribution < -0.4 is 10.0 Å². The van der Waals surface area contributed by atoms with Crippen molar-refractivity contribution in [2.45, 2.75) is 59.6 Å². The SMILES string of the molecule is O=C1Nc2cc(S(=O)(=O)NC3CCCC3)ccc2SC1C(=O)N1CCCC1. The van der Waals surface area contributed by atoms with Gasteiger partial charge in [0.05, 0.1) is 10.6 Å². The molecule has 1 saturated heterocycles. The molecule has 27 heavy (non-hydrogen) atoms. The predicted octanol–water partition coefficient (Wildman–Crippen LogP) is 1.94. The third kappa shape index (κ3) is 3.86. The largest absolute Gasteiger partial charge is 0.341 e. The highest BCUT2D eigenvalue weighted by atomic mass is 32.2. The Labute approximate surface area is 163 Å². The fraction of sp³-hybridized carbons (Fsp3) is 0.556. The van der Waals surface area contributed by atoms with Crippen molar-refractivity contribution in [2.75, 3.05) is 18.4 Å². The number of sulfonamides is 1. The molecule has 2 heterocycles. The molecule has 1 unspecified atom stereocenters. The lowest BCUT2D eigenvalue weighted by Gasteiger charge is -2.27. The first-order valence-electron chi connectivity index (χ1n) is 9.37. The van der Waals surface area contributed by atoms with E-state index in [2.05, 4.69) is 10.0 Å². The molecule has 3 aliphatic rings. The fourth-order valence-corrected chi connectivity index (χ4v) is 6.24. The molecule has 4 rings (SSSR count). The van der Waals surface area contributed by atoms with Gasteiger partial charge in [0.2, 0.25) is 21.8 Å². The molecule has 0 spiro atoms. The monoisotopic (exact) mass is 409 g/mol. The smallest absolute Gasteiger partial charge is 0.247 e. The van der Waals surface area contributed by atoms with Crippen molar-refractivity contribution in [3.05, 3.63) is 18.2 Å². The first-order valence-corrected chi connectivity index (χ1v) is 11.7. The third-order valence-corrected chi connectivity index (χ3v) is 8.10. The van der Waals surface area contributed by atoms with Gasteiger partial charge in [0.25, 0.3) is 0 Å². The van der Waals surface area contributed by atoms with E-state index < -0.39 is 15.3 Å². The molecule has 146 valence electrons. The number of amides is 2. The summed E-state index contributed by atoms with van der Waals surface area (Å²) in [6.45, 7) is 1.39. The minimum Gasteiger partial charge on any atom is -0.341 e. The quantitative estimate of drug-likeness (QED) is 0.741. The van der Waals surface area contributed by atoms with Crippen LogP contribution in [0.25, 0.3) is 0 Å². The van der Waals surface area contributed by atoms with Crippen LogP contribution in [0.1, 0.15) is 38.5 Å². The third-order valence-electron chi connectivity index (χ3n) is 5.32. The Bertz CT molecular complexity index is 859. The second-order valence-electron chi connectivity index (χ2n) is 7.28. The summed E-state index contributed by atoms with van der Waals surface area (Å²) in [5, 5.41) is 1.91. The molecular formula is C18H23N3O4S2. The van der Waals surface area contributed by atoms with E-state index in [-0.39, 0.29) is 22.8 Å². The zero-order valence-electron chi connectivity index (χ0n) is 14.9. The van der Waals surface area contributed by atoms with Crippen molar-refractivity contribution in [2.24, 2.45) is 0 Å². The van der Waals surface area contributed by atoms with Crippen LogP contribution in [-0.2, 0) is 19.6 Å². The lowest BCUT2D eigenvalue weighted by molar-refractivity contribution is -0.133. The van der Waals surface area contributed by atoms with Gasteiger partial charge in [-0.3, -0.25) is 9.59 Å². The number of nitrogens with zero attached hydrogens (tertiary/aromatic N) is 1. The molecule has 2 aliphatic heterocycles. The lowest BCUT2D eigenvalue weighted by Crippen LogP contribution is -2.43. The molecular weight excluding hydrogens is 386 g/mol. The molecule has 0 radical (unpaired) electrons. The highest BCUT2D eigenvalue weighted by Crippen LogP contribution is 2.38. The van der Waals surface area contributed by atoms with Crippen LogP contribution in [0.2, 0.25) is 0 Å². The first-order chi connectivity index (χ1) is 12.9. The first kappa shape index (κ1) is 18.8. The minimum absolute atomic E-state index is 0.0162. The van der Waals surface area contributed by atoms with Crippen LogP contribution in [0.3, 0.4) is 0 Å². The van der Waals surface area contributed by atoms with E-state index in [1.165, 1.54) is 23.9 Å². The molecule has 9 heteroatoms. The zero-order chi connectivity index (χ0) is 19.0. The molecule has 0 aromatic heterocycles. The molecule has 7 nitrogen and oxygen atoms in total. The van der Waals surface area contributed by atoms with Gasteiger partial charge in [0.1, 0.15) is 0 Å². The van der Waals surface area contributed by atoms with Gasteiger partial charge in [-0.2, -0.15) is 0 Å².